The number of carbonyl (C=O) groups is 1. The standard InChI is InChI=1S/C13H17Cl2FN2O/c1-7(2)3-8(6-17)13(19)18-9-4-10(14)12(16)11(15)5-9/h4-5,7-8H,3,6,17H2,1-2H3,(H,18,19). The van der Waals surface area contributed by atoms with Crippen LogP contribution in [0.1, 0.15) is 20.3 Å². The predicted molar refractivity (Wildman–Crippen MR) is 77.0 cm³/mol. The lowest BCUT2D eigenvalue weighted by Gasteiger charge is -2.17. The minimum Gasteiger partial charge on any atom is -0.330 e. The molecule has 0 aliphatic rings. The molecule has 0 bridgehead atoms. The first kappa shape index (κ1) is 16.2. The van der Waals surface area contributed by atoms with Gasteiger partial charge in [0.25, 0.3) is 0 Å². The molecule has 1 unspecified atom stereocenters. The summed E-state index contributed by atoms with van der Waals surface area (Å²) in [6.45, 7) is 4.29. The van der Waals surface area contributed by atoms with Crippen molar-refractivity contribution in [1.29, 1.82) is 0 Å². The maximum Gasteiger partial charge on any atom is 0.228 e. The molecular weight excluding hydrogens is 290 g/mol. The van der Waals surface area contributed by atoms with Gasteiger partial charge in [-0.15, -0.1) is 0 Å². The van der Waals surface area contributed by atoms with E-state index < -0.39 is 5.82 Å². The lowest BCUT2D eigenvalue weighted by atomic mass is 9.96. The van der Waals surface area contributed by atoms with E-state index in [0.717, 1.165) is 0 Å². The van der Waals surface area contributed by atoms with Crippen LogP contribution >= 0.6 is 23.2 Å². The Morgan fingerprint density at radius 3 is 2.32 bits per heavy atom. The summed E-state index contributed by atoms with van der Waals surface area (Å²) in [5, 5.41) is 2.40. The van der Waals surface area contributed by atoms with Crippen LogP contribution in [0.4, 0.5) is 10.1 Å². The molecule has 1 aromatic rings. The molecule has 106 valence electrons. The molecule has 1 atom stereocenters. The largest absolute Gasteiger partial charge is 0.330 e. The van der Waals surface area contributed by atoms with E-state index in [1.54, 1.807) is 0 Å². The highest BCUT2D eigenvalue weighted by atomic mass is 35.5. The molecule has 0 aromatic heterocycles. The number of halogens is 3. The monoisotopic (exact) mass is 306 g/mol. The zero-order valence-electron chi connectivity index (χ0n) is 10.8. The summed E-state index contributed by atoms with van der Waals surface area (Å²) in [7, 11) is 0. The van der Waals surface area contributed by atoms with E-state index >= 15 is 0 Å². The molecule has 3 N–H and O–H groups in total. The third-order valence-corrected chi connectivity index (χ3v) is 3.21. The van der Waals surface area contributed by atoms with E-state index in [0.29, 0.717) is 18.0 Å². The summed E-state index contributed by atoms with van der Waals surface area (Å²) < 4.78 is 13.2. The molecule has 0 saturated heterocycles. The first-order valence-corrected chi connectivity index (χ1v) is 6.76. The number of hydrogen-bond acceptors (Lipinski definition) is 2. The van der Waals surface area contributed by atoms with Gasteiger partial charge in [-0.25, -0.2) is 4.39 Å². The third-order valence-electron chi connectivity index (χ3n) is 2.66. The molecule has 3 nitrogen and oxygen atoms in total. The minimum atomic E-state index is -0.695. The number of nitrogens with two attached hydrogens (primary N) is 1. The Labute approximate surface area is 122 Å². The van der Waals surface area contributed by atoms with Crippen LogP contribution in [-0.2, 0) is 4.79 Å². The first-order valence-electron chi connectivity index (χ1n) is 6.00. The van der Waals surface area contributed by atoms with E-state index in [1.165, 1.54) is 12.1 Å². The van der Waals surface area contributed by atoms with Crippen LogP contribution in [0.3, 0.4) is 0 Å². The van der Waals surface area contributed by atoms with Gasteiger partial charge in [0, 0.05) is 12.2 Å². The van der Waals surface area contributed by atoms with Crippen molar-refractivity contribution in [2.75, 3.05) is 11.9 Å². The van der Waals surface area contributed by atoms with Crippen LogP contribution in [0, 0.1) is 17.7 Å². The van der Waals surface area contributed by atoms with Crippen LogP contribution in [0.15, 0.2) is 12.1 Å². The second-order valence-corrected chi connectivity index (χ2v) is 5.62. The third kappa shape index (κ3) is 4.64. The van der Waals surface area contributed by atoms with Gasteiger partial charge in [0.05, 0.1) is 16.0 Å². The summed E-state index contributed by atoms with van der Waals surface area (Å²) in [6, 6.07) is 2.65. The maximum absolute atomic E-state index is 13.2. The zero-order chi connectivity index (χ0) is 14.6. The number of benzene rings is 1. The van der Waals surface area contributed by atoms with Crippen molar-refractivity contribution in [2.45, 2.75) is 20.3 Å². The number of nitrogens with one attached hydrogen (secondary N) is 1. The Morgan fingerprint density at radius 1 is 1.37 bits per heavy atom. The smallest absolute Gasteiger partial charge is 0.228 e. The van der Waals surface area contributed by atoms with Gasteiger partial charge in [0.1, 0.15) is 0 Å². The molecule has 1 aromatic carbocycles. The van der Waals surface area contributed by atoms with E-state index in [4.69, 9.17) is 28.9 Å². The van der Waals surface area contributed by atoms with Gasteiger partial charge in [-0.2, -0.15) is 0 Å². The first-order chi connectivity index (χ1) is 8.85. The van der Waals surface area contributed by atoms with E-state index in [-0.39, 0.29) is 28.4 Å². The fourth-order valence-electron chi connectivity index (χ4n) is 1.75. The average Bonchev–Trinajstić information content (AvgIpc) is 2.32. The number of hydrogen-bond donors (Lipinski definition) is 2. The SMILES string of the molecule is CC(C)CC(CN)C(=O)Nc1cc(Cl)c(F)c(Cl)c1. The Balaban J connectivity index is 2.81. The van der Waals surface area contributed by atoms with Gasteiger partial charge in [-0.1, -0.05) is 37.0 Å². The summed E-state index contributed by atoms with van der Waals surface area (Å²) in [6.07, 6.45) is 0.686. The molecule has 1 rings (SSSR count). The number of carbonyl (C=O) groups excluding carboxylic acids is 1. The second-order valence-electron chi connectivity index (χ2n) is 4.81. The molecule has 0 aliphatic carbocycles. The Morgan fingerprint density at radius 2 is 1.89 bits per heavy atom. The zero-order valence-corrected chi connectivity index (χ0v) is 12.4. The Bertz CT molecular complexity index is 443. The van der Waals surface area contributed by atoms with Gasteiger partial charge in [-0.3, -0.25) is 4.79 Å². The molecular formula is C13H17Cl2FN2O. The second kappa shape index (κ2) is 7.08. The Hall–Kier alpha value is -0.840. The number of anilines is 1. The van der Waals surface area contributed by atoms with Crippen molar-refractivity contribution in [2.24, 2.45) is 17.6 Å². The molecule has 19 heavy (non-hydrogen) atoms. The van der Waals surface area contributed by atoms with Crippen LogP contribution in [0.25, 0.3) is 0 Å². The summed E-state index contributed by atoms with van der Waals surface area (Å²) in [5.41, 5.74) is 5.95. The number of amides is 1. The molecule has 1 amide bonds. The van der Waals surface area contributed by atoms with Gasteiger partial charge in [0.15, 0.2) is 5.82 Å². The van der Waals surface area contributed by atoms with Crippen molar-refractivity contribution < 1.29 is 9.18 Å². The van der Waals surface area contributed by atoms with E-state index in [9.17, 15) is 9.18 Å². The van der Waals surface area contributed by atoms with Gasteiger partial charge < -0.3 is 11.1 Å². The lowest BCUT2D eigenvalue weighted by Crippen LogP contribution is -2.30. The van der Waals surface area contributed by atoms with Crippen molar-refractivity contribution in [3.05, 3.63) is 28.0 Å². The minimum absolute atomic E-state index is 0.129. The highest BCUT2D eigenvalue weighted by Crippen LogP contribution is 2.27. The lowest BCUT2D eigenvalue weighted by molar-refractivity contribution is -0.120. The quantitative estimate of drug-likeness (QED) is 0.815. The average molecular weight is 307 g/mol. The van der Waals surface area contributed by atoms with E-state index in [2.05, 4.69) is 5.32 Å². The topological polar surface area (TPSA) is 55.1 Å². The maximum atomic E-state index is 13.2. The fourth-order valence-corrected chi connectivity index (χ4v) is 2.24. The normalized spacial score (nSPS) is 12.6. The molecule has 0 fully saturated rings. The molecule has 0 saturated carbocycles. The van der Waals surface area contributed by atoms with Crippen molar-refractivity contribution >= 4 is 34.8 Å². The predicted octanol–water partition coefficient (Wildman–Crippen LogP) is 3.69. The van der Waals surface area contributed by atoms with Gasteiger partial charge in [0.2, 0.25) is 5.91 Å². The number of rotatable bonds is 5. The van der Waals surface area contributed by atoms with Gasteiger partial charge in [-0.05, 0) is 24.5 Å². The molecule has 6 heteroatoms. The van der Waals surface area contributed by atoms with Crippen molar-refractivity contribution in [1.82, 2.24) is 0 Å². The summed E-state index contributed by atoms with van der Waals surface area (Å²) in [4.78, 5) is 12.0. The van der Waals surface area contributed by atoms with Crippen LogP contribution in [-0.4, -0.2) is 12.5 Å². The molecule has 0 radical (unpaired) electrons. The van der Waals surface area contributed by atoms with Crippen molar-refractivity contribution in [3.8, 4) is 0 Å². The molecule has 0 aliphatic heterocycles. The molecule has 0 heterocycles. The van der Waals surface area contributed by atoms with Gasteiger partial charge >= 0.3 is 0 Å². The van der Waals surface area contributed by atoms with Crippen LogP contribution < -0.4 is 11.1 Å². The highest BCUT2D eigenvalue weighted by molar-refractivity contribution is 6.35. The highest BCUT2D eigenvalue weighted by Gasteiger charge is 2.19. The van der Waals surface area contributed by atoms with E-state index in [1.807, 2.05) is 13.8 Å². The Kier molecular flexibility index (Phi) is 6.04. The fraction of sp³-hybridized carbons (Fsp3) is 0.462. The molecule has 0 spiro atoms. The van der Waals surface area contributed by atoms with Crippen molar-refractivity contribution in [3.63, 3.8) is 0 Å². The van der Waals surface area contributed by atoms with Crippen LogP contribution in [0.2, 0.25) is 10.0 Å². The summed E-state index contributed by atoms with van der Waals surface area (Å²) in [5.74, 6) is -0.837. The van der Waals surface area contributed by atoms with Crippen LogP contribution in [0.5, 0.6) is 0 Å². The summed E-state index contributed by atoms with van der Waals surface area (Å²) >= 11 is 11.3.